The van der Waals surface area contributed by atoms with Gasteiger partial charge in [-0.25, -0.2) is 13.8 Å². The molecule has 0 radical (unpaired) electrons. The van der Waals surface area contributed by atoms with Gasteiger partial charge in [0.2, 0.25) is 5.91 Å². The van der Waals surface area contributed by atoms with Gasteiger partial charge in [0.05, 0.1) is 22.5 Å². The fourth-order valence-corrected chi connectivity index (χ4v) is 3.21. The molecule has 5 nitrogen and oxygen atoms in total. The van der Waals surface area contributed by atoms with Crippen molar-refractivity contribution < 1.29 is 13.6 Å². The summed E-state index contributed by atoms with van der Waals surface area (Å²) in [6.45, 7) is 1.63. The number of aromatic nitrogens is 2. The van der Waals surface area contributed by atoms with Crippen LogP contribution in [0.3, 0.4) is 0 Å². The highest BCUT2D eigenvalue weighted by Gasteiger charge is 2.21. The maximum absolute atomic E-state index is 14.0. The fourth-order valence-electron chi connectivity index (χ4n) is 3.21. The van der Waals surface area contributed by atoms with Crippen LogP contribution in [0.5, 0.6) is 0 Å². The number of H-pyrrole nitrogens is 1. The van der Waals surface area contributed by atoms with Gasteiger partial charge in [-0.3, -0.25) is 4.79 Å². The Morgan fingerprint density at radius 1 is 1.19 bits per heavy atom. The molecule has 4 rings (SSSR count). The van der Waals surface area contributed by atoms with Crippen LogP contribution in [0.4, 0.5) is 14.5 Å². The highest BCUT2D eigenvalue weighted by atomic mass is 19.1. The minimum Gasteiger partial charge on any atom is -0.338 e. The van der Waals surface area contributed by atoms with E-state index in [1.54, 1.807) is 18.2 Å². The third-order valence-corrected chi connectivity index (χ3v) is 4.60. The van der Waals surface area contributed by atoms with Gasteiger partial charge in [0.15, 0.2) is 0 Å². The van der Waals surface area contributed by atoms with Crippen molar-refractivity contribution in [2.24, 2.45) is 5.92 Å². The summed E-state index contributed by atoms with van der Waals surface area (Å²) in [5, 5.41) is 6.13. The van der Waals surface area contributed by atoms with Crippen LogP contribution in [-0.4, -0.2) is 29.0 Å². The van der Waals surface area contributed by atoms with Gasteiger partial charge in [0, 0.05) is 12.2 Å². The standard InChI is InChI=1S/C19H18F2N4O/c20-12-3-5-15(21)14(8-12)18-24-16-6-4-13(9-17(16)25-18)23-19(26)11-2-1-7-22-10-11/h3-6,8-9,11,22H,1-2,7,10H2,(H,23,26)(H,24,25). The van der Waals surface area contributed by atoms with E-state index in [4.69, 9.17) is 0 Å². The van der Waals surface area contributed by atoms with Gasteiger partial charge >= 0.3 is 0 Å². The Morgan fingerprint density at radius 2 is 2.08 bits per heavy atom. The zero-order valence-corrected chi connectivity index (χ0v) is 14.0. The van der Waals surface area contributed by atoms with Gasteiger partial charge in [-0.15, -0.1) is 0 Å². The SMILES string of the molecule is O=C(Nc1ccc2nc(-c3cc(F)ccc3F)[nH]c2c1)C1CCCNC1. The van der Waals surface area contributed by atoms with Crippen LogP contribution in [0.25, 0.3) is 22.4 Å². The Kier molecular flexibility index (Phi) is 4.38. The van der Waals surface area contributed by atoms with Gasteiger partial charge in [0.25, 0.3) is 0 Å². The van der Waals surface area contributed by atoms with Crippen molar-refractivity contribution in [1.29, 1.82) is 0 Å². The number of benzene rings is 2. The molecule has 2 heterocycles. The summed E-state index contributed by atoms with van der Waals surface area (Å²) in [5.74, 6) is -0.901. The molecule has 1 aromatic heterocycles. The molecule has 134 valence electrons. The number of hydrogen-bond donors (Lipinski definition) is 3. The average Bonchev–Trinajstić information content (AvgIpc) is 3.07. The van der Waals surface area contributed by atoms with Gasteiger partial charge < -0.3 is 15.6 Å². The first-order valence-corrected chi connectivity index (χ1v) is 8.57. The molecule has 3 N–H and O–H groups in total. The van der Waals surface area contributed by atoms with E-state index >= 15 is 0 Å². The lowest BCUT2D eigenvalue weighted by atomic mass is 9.99. The summed E-state index contributed by atoms with van der Waals surface area (Å²) in [6.07, 6.45) is 1.86. The van der Waals surface area contributed by atoms with Crippen LogP contribution in [0.15, 0.2) is 36.4 Å². The largest absolute Gasteiger partial charge is 0.338 e. The van der Waals surface area contributed by atoms with E-state index in [-0.39, 0.29) is 23.2 Å². The number of aromatic amines is 1. The summed E-state index contributed by atoms with van der Waals surface area (Å²) >= 11 is 0. The molecule has 0 spiro atoms. The van der Waals surface area contributed by atoms with Crippen LogP contribution in [0.2, 0.25) is 0 Å². The van der Waals surface area contributed by atoms with E-state index in [9.17, 15) is 13.6 Å². The Hall–Kier alpha value is -2.80. The number of nitrogens with one attached hydrogen (secondary N) is 3. The third-order valence-electron chi connectivity index (χ3n) is 4.60. The van der Waals surface area contributed by atoms with Crippen LogP contribution in [-0.2, 0) is 4.79 Å². The van der Waals surface area contributed by atoms with E-state index in [1.165, 1.54) is 0 Å². The molecular weight excluding hydrogens is 338 g/mol. The summed E-state index contributed by atoms with van der Waals surface area (Å²) < 4.78 is 27.4. The lowest BCUT2D eigenvalue weighted by molar-refractivity contribution is -0.120. The molecule has 1 aliphatic rings. The summed E-state index contributed by atoms with van der Waals surface area (Å²) in [7, 11) is 0. The fraction of sp³-hybridized carbons (Fsp3) is 0.263. The number of rotatable bonds is 3. The first-order chi connectivity index (χ1) is 12.6. The van der Waals surface area contributed by atoms with Crippen LogP contribution >= 0.6 is 0 Å². The number of halogens is 2. The molecule has 1 unspecified atom stereocenters. The van der Waals surface area contributed by atoms with Crippen molar-refractivity contribution in [2.75, 3.05) is 18.4 Å². The molecule has 26 heavy (non-hydrogen) atoms. The van der Waals surface area contributed by atoms with Crippen molar-refractivity contribution in [2.45, 2.75) is 12.8 Å². The van der Waals surface area contributed by atoms with Crippen LogP contribution in [0, 0.1) is 17.6 Å². The first kappa shape index (κ1) is 16.7. The van der Waals surface area contributed by atoms with Crippen molar-refractivity contribution in [3.05, 3.63) is 48.0 Å². The number of nitrogens with zero attached hydrogens (tertiary/aromatic N) is 1. The van der Waals surface area contributed by atoms with E-state index in [1.807, 2.05) is 0 Å². The number of carbonyl (C=O) groups is 1. The second-order valence-corrected chi connectivity index (χ2v) is 6.47. The van der Waals surface area contributed by atoms with Crippen molar-refractivity contribution >= 4 is 22.6 Å². The molecule has 0 aliphatic carbocycles. The van der Waals surface area contributed by atoms with E-state index < -0.39 is 11.6 Å². The van der Waals surface area contributed by atoms with Gasteiger partial charge in [-0.05, 0) is 55.8 Å². The van der Waals surface area contributed by atoms with Crippen LogP contribution in [0.1, 0.15) is 12.8 Å². The average molecular weight is 356 g/mol. The molecule has 0 saturated carbocycles. The molecule has 1 saturated heterocycles. The number of amides is 1. The number of anilines is 1. The molecule has 1 aliphatic heterocycles. The number of fused-ring (bicyclic) bond motifs is 1. The van der Waals surface area contributed by atoms with Crippen molar-refractivity contribution in [1.82, 2.24) is 15.3 Å². The molecule has 2 aromatic carbocycles. The van der Waals surface area contributed by atoms with E-state index in [0.717, 1.165) is 37.6 Å². The Morgan fingerprint density at radius 3 is 2.88 bits per heavy atom. The maximum atomic E-state index is 14.0. The second kappa shape index (κ2) is 6.84. The van der Waals surface area contributed by atoms with Crippen molar-refractivity contribution in [3.63, 3.8) is 0 Å². The highest BCUT2D eigenvalue weighted by Crippen LogP contribution is 2.26. The molecule has 1 atom stereocenters. The van der Waals surface area contributed by atoms with Crippen LogP contribution < -0.4 is 10.6 Å². The predicted octanol–water partition coefficient (Wildman–Crippen LogP) is 3.45. The van der Waals surface area contributed by atoms with Gasteiger partial charge in [0.1, 0.15) is 17.5 Å². The molecule has 0 bridgehead atoms. The lowest BCUT2D eigenvalue weighted by Gasteiger charge is -2.21. The summed E-state index contributed by atoms with van der Waals surface area (Å²) in [6, 6.07) is 8.48. The predicted molar refractivity (Wildman–Crippen MR) is 95.7 cm³/mol. The molecule has 1 fully saturated rings. The summed E-state index contributed by atoms with van der Waals surface area (Å²) in [4.78, 5) is 19.6. The smallest absolute Gasteiger partial charge is 0.228 e. The normalized spacial score (nSPS) is 17.4. The Labute approximate surface area is 148 Å². The monoisotopic (exact) mass is 356 g/mol. The topological polar surface area (TPSA) is 69.8 Å². The highest BCUT2D eigenvalue weighted by molar-refractivity contribution is 5.95. The molecule has 3 aromatic rings. The Bertz CT molecular complexity index is 963. The zero-order valence-electron chi connectivity index (χ0n) is 14.0. The number of carbonyl (C=O) groups excluding carboxylic acids is 1. The maximum Gasteiger partial charge on any atom is 0.228 e. The Balaban J connectivity index is 1.59. The number of hydrogen-bond acceptors (Lipinski definition) is 3. The van der Waals surface area contributed by atoms with Gasteiger partial charge in [-0.2, -0.15) is 0 Å². The lowest BCUT2D eigenvalue weighted by Crippen LogP contribution is -2.37. The quantitative estimate of drug-likeness (QED) is 0.673. The first-order valence-electron chi connectivity index (χ1n) is 8.57. The number of piperidine rings is 1. The molecule has 1 amide bonds. The molecule has 7 heteroatoms. The van der Waals surface area contributed by atoms with E-state index in [2.05, 4.69) is 20.6 Å². The molecular formula is C19H18F2N4O. The third kappa shape index (κ3) is 3.30. The minimum absolute atomic E-state index is 0.0209. The van der Waals surface area contributed by atoms with E-state index in [0.29, 0.717) is 23.3 Å². The summed E-state index contributed by atoms with van der Waals surface area (Å²) in [5.41, 5.74) is 1.97. The van der Waals surface area contributed by atoms with Crippen molar-refractivity contribution in [3.8, 4) is 11.4 Å². The number of imidazole rings is 1. The minimum atomic E-state index is -0.552. The zero-order chi connectivity index (χ0) is 18.1. The van der Waals surface area contributed by atoms with Gasteiger partial charge in [-0.1, -0.05) is 0 Å². The second-order valence-electron chi connectivity index (χ2n) is 6.47.